The lowest BCUT2D eigenvalue weighted by molar-refractivity contribution is 0.0949. The number of halogens is 1. The fourth-order valence-corrected chi connectivity index (χ4v) is 2.81. The van der Waals surface area contributed by atoms with Crippen LogP contribution in [0.15, 0.2) is 59.2 Å². The second kappa shape index (κ2) is 6.48. The number of fused-ring (bicyclic) bond motifs is 1. The predicted octanol–water partition coefficient (Wildman–Crippen LogP) is 2.84. The number of hydrogen-bond acceptors (Lipinski definition) is 4. The van der Waals surface area contributed by atoms with Crippen molar-refractivity contribution in [2.75, 3.05) is 0 Å². The highest BCUT2D eigenvalue weighted by molar-refractivity contribution is 9.10. The summed E-state index contributed by atoms with van der Waals surface area (Å²) in [6.07, 6.45) is 1.85. The van der Waals surface area contributed by atoms with Crippen LogP contribution in [0.5, 0.6) is 0 Å². The van der Waals surface area contributed by atoms with Crippen molar-refractivity contribution in [1.82, 2.24) is 30.5 Å². The van der Waals surface area contributed by atoms with Crippen LogP contribution in [0.1, 0.15) is 16.2 Å². The molecule has 2 heterocycles. The van der Waals surface area contributed by atoms with Crippen molar-refractivity contribution in [3.05, 3.63) is 70.6 Å². The first-order valence-corrected chi connectivity index (χ1v) is 8.38. The molecule has 0 aliphatic heterocycles. The van der Waals surface area contributed by atoms with Crippen molar-refractivity contribution in [1.29, 1.82) is 0 Å². The van der Waals surface area contributed by atoms with E-state index in [9.17, 15) is 4.79 Å². The molecule has 0 spiro atoms. The Bertz CT molecular complexity index is 1040. The maximum atomic E-state index is 12.4. The van der Waals surface area contributed by atoms with E-state index in [-0.39, 0.29) is 12.5 Å². The lowest BCUT2D eigenvalue weighted by atomic mass is 10.1. The van der Waals surface area contributed by atoms with E-state index in [4.69, 9.17) is 0 Å². The second-order valence-corrected chi connectivity index (χ2v) is 6.36. The fraction of sp³-hybridized carbons (Fsp3) is 0.0588. The third-order valence-corrected chi connectivity index (χ3v) is 4.36. The average molecular weight is 397 g/mol. The Morgan fingerprint density at radius 3 is 2.84 bits per heavy atom. The number of aromatic nitrogens is 5. The number of H-pyrrole nitrogens is 1. The van der Waals surface area contributed by atoms with E-state index < -0.39 is 0 Å². The number of hydrogen-bond donors (Lipinski definition) is 2. The van der Waals surface area contributed by atoms with Crippen molar-refractivity contribution in [3.63, 3.8) is 0 Å². The molecule has 7 nitrogen and oxygen atoms in total. The molecule has 2 aromatic carbocycles. The van der Waals surface area contributed by atoms with Crippen molar-refractivity contribution in [2.45, 2.75) is 6.54 Å². The molecule has 25 heavy (non-hydrogen) atoms. The highest BCUT2D eigenvalue weighted by Gasteiger charge is 2.11. The molecule has 4 aromatic rings. The van der Waals surface area contributed by atoms with E-state index in [1.165, 1.54) is 0 Å². The van der Waals surface area contributed by atoms with E-state index >= 15 is 0 Å². The molecule has 0 fully saturated rings. The number of nitrogens with one attached hydrogen (secondary N) is 2. The van der Waals surface area contributed by atoms with Gasteiger partial charge in [0.15, 0.2) is 5.82 Å². The highest BCUT2D eigenvalue weighted by Crippen LogP contribution is 2.15. The van der Waals surface area contributed by atoms with Crippen LogP contribution in [0.2, 0.25) is 0 Å². The van der Waals surface area contributed by atoms with Gasteiger partial charge in [-0.3, -0.25) is 4.79 Å². The third-order valence-electron chi connectivity index (χ3n) is 3.83. The summed E-state index contributed by atoms with van der Waals surface area (Å²) in [4.78, 5) is 15.5. The van der Waals surface area contributed by atoms with Crippen LogP contribution in [0.25, 0.3) is 16.6 Å². The van der Waals surface area contributed by atoms with Crippen LogP contribution in [0, 0.1) is 0 Å². The maximum absolute atomic E-state index is 12.4. The van der Waals surface area contributed by atoms with Gasteiger partial charge in [0.1, 0.15) is 0 Å². The smallest absolute Gasteiger partial charge is 0.251 e. The zero-order chi connectivity index (χ0) is 17.2. The molecule has 0 radical (unpaired) electrons. The monoisotopic (exact) mass is 396 g/mol. The van der Waals surface area contributed by atoms with E-state index in [0.717, 1.165) is 21.1 Å². The summed E-state index contributed by atoms with van der Waals surface area (Å²) in [6.45, 7) is 0.227. The second-order valence-electron chi connectivity index (χ2n) is 5.45. The minimum atomic E-state index is -0.179. The molecule has 0 atom stereocenters. The van der Waals surface area contributed by atoms with Gasteiger partial charge in [-0.2, -0.15) is 4.68 Å². The van der Waals surface area contributed by atoms with Crippen LogP contribution >= 0.6 is 15.9 Å². The molecule has 0 bridgehead atoms. The molecule has 0 unspecified atom stereocenters. The molecule has 0 saturated heterocycles. The van der Waals surface area contributed by atoms with Gasteiger partial charge in [-0.05, 0) is 58.3 Å². The molecule has 0 aliphatic carbocycles. The first-order valence-electron chi connectivity index (χ1n) is 7.59. The van der Waals surface area contributed by atoms with Crippen molar-refractivity contribution < 1.29 is 4.79 Å². The molecule has 124 valence electrons. The predicted molar refractivity (Wildman–Crippen MR) is 96.3 cm³/mol. The normalized spacial score (nSPS) is 10.9. The maximum Gasteiger partial charge on any atom is 0.251 e. The Balaban J connectivity index is 1.50. The number of aromatic amines is 1. The van der Waals surface area contributed by atoms with E-state index in [1.807, 2.05) is 48.7 Å². The number of tetrazole rings is 1. The Morgan fingerprint density at radius 2 is 2.00 bits per heavy atom. The molecule has 0 aliphatic rings. The Labute approximate surface area is 151 Å². The summed E-state index contributed by atoms with van der Waals surface area (Å²) in [5, 5.41) is 15.6. The van der Waals surface area contributed by atoms with Crippen LogP contribution in [0.4, 0.5) is 0 Å². The summed E-state index contributed by atoms with van der Waals surface area (Å²) < 4.78 is 2.57. The largest absolute Gasteiger partial charge is 0.361 e. The van der Waals surface area contributed by atoms with Crippen LogP contribution in [-0.2, 0) is 6.54 Å². The standard InChI is InChI=1S/C17H13BrN6O/c18-13-3-5-14(6-4-13)24-16(21-22-23-24)10-20-17(25)12-2-1-11-7-8-19-15(11)9-12/h1-9,19H,10H2,(H,20,25). The summed E-state index contributed by atoms with van der Waals surface area (Å²) in [6, 6.07) is 15.1. The topological polar surface area (TPSA) is 88.5 Å². The fourth-order valence-electron chi connectivity index (χ4n) is 2.55. The van der Waals surface area contributed by atoms with Gasteiger partial charge in [0.2, 0.25) is 0 Å². The van der Waals surface area contributed by atoms with Gasteiger partial charge in [0.05, 0.1) is 12.2 Å². The molecule has 0 saturated carbocycles. The zero-order valence-corrected chi connectivity index (χ0v) is 14.6. The quantitative estimate of drug-likeness (QED) is 0.554. The van der Waals surface area contributed by atoms with E-state index in [1.54, 1.807) is 10.7 Å². The molecule has 2 aromatic heterocycles. The summed E-state index contributed by atoms with van der Waals surface area (Å²) in [7, 11) is 0. The lowest BCUT2D eigenvalue weighted by Crippen LogP contribution is -2.24. The van der Waals surface area contributed by atoms with E-state index in [0.29, 0.717) is 11.4 Å². The third kappa shape index (κ3) is 3.16. The molecular weight excluding hydrogens is 384 g/mol. The van der Waals surface area contributed by atoms with Crippen molar-refractivity contribution >= 4 is 32.7 Å². The van der Waals surface area contributed by atoms with Crippen LogP contribution in [-0.4, -0.2) is 31.1 Å². The number of rotatable bonds is 4. The Kier molecular flexibility index (Phi) is 4.02. The molecule has 1 amide bonds. The number of nitrogens with zero attached hydrogens (tertiary/aromatic N) is 4. The lowest BCUT2D eigenvalue weighted by Gasteiger charge is -2.07. The molecule has 4 rings (SSSR count). The average Bonchev–Trinajstić information content (AvgIpc) is 3.28. The first kappa shape index (κ1) is 15.5. The van der Waals surface area contributed by atoms with Gasteiger partial charge in [-0.15, -0.1) is 5.10 Å². The Morgan fingerprint density at radius 1 is 1.16 bits per heavy atom. The van der Waals surface area contributed by atoms with Gasteiger partial charge < -0.3 is 10.3 Å². The zero-order valence-electron chi connectivity index (χ0n) is 13.0. The van der Waals surface area contributed by atoms with Gasteiger partial charge in [0.25, 0.3) is 5.91 Å². The molecule has 2 N–H and O–H groups in total. The number of amides is 1. The minimum absolute atomic E-state index is 0.179. The SMILES string of the molecule is O=C(NCc1nnnn1-c1ccc(Br)cc1)c1ccc2cc[nH]c2c1. The highest BCUT2D eigenvalue weighted by atomic mass is 79.9. The summed E-state index contributed by atoms with van der Waals surface area (Å²) in [5.74, 6) is 0.374. The minimum Gasteiger partial charge on any atom is -0.361 e. The number of carbonyl (C=O) groups excluding carboxylic acids is 1. The van der Waals surface area contributed by atoms with E-state index in [2.05, 4.69) is 41.8 Å². The number of carbonyl (C=O) groups is 1. The molecular formula is C17H13BrN6O. The summed E-state index contributed by atoms with van der Waals surface area (Å²) >= 11 is 3.40. The van der Waals surface area contributed by atoms with Crippen LogP contribution in [0.3, 0.4) is 0 Å². The van der Waals surface area contributed by atoms with Crippen molar-refractivity contribution in [2.24, 2.45) is 0 Å². The number of benzene rings is 2. The molecule has 8 heteroatoms. The first-order chi connectivity index (χ1) is 12.2. The van der Waals surface area contributed by atoms with Crippen molar-refractivity contribution in [3.8, 4) is 5.69 Å². The van der Waals surface area contributed by atoms with Gasteiger partial charge in [0, 0.05) is 21.7 Å². The van der Waals surface area contributed by atoms with Crippen LogP contribution < -0.4 is 5.32 Å². The van der Waals surface area contributed by atoms with Gasteiger partial charge >= 0.3 is 0 Å². The summed E-state index contributed by atoms with van der Waals surface area (Å²) in [5.41, 5.74) is 2.33. The Hall–Kier alpha value is -3.00. The van der Waals surface area contributed by atoms with Gasteiger partial charge in [-0.1, -0.05) is 22.0 Å². The van der Waals surface area contributed by atoms with Gasteiger partial charge in [-0.25, -0.2) is 0 Å².